The Hall–Kier alpha value is -4.04. The maximum atomic E-state index is 13.2. The molecule has 8 heteroatoms. The highest BCUT2D eigenvalue weighted by molar-refractivity contribution is 7.15. The number of nitrogens with one attached hydrogen (secondary N) is 1. The van der Waals surface area contributed by atoms with Crippen LogP contribution in [0.2, 0.25) is 0 Å². The van der Waals surface area contributed by atoms with Gasteiger partial charge in [-0.1, -0.05) is 29.5 Å². The molecule has 0 fully saturated rings. The van der Waals surface area contributed by atoms with Gasteiger partial charge in [-0.25, -0.2) is 13.8 Å². The summed E-state index contributed by atoms with van der Waals surface area (Å²) in [6.45, 7) is 3.80. The number of benzene rings is 3. The van der Waals surface area contributed by atoms with Gasteiger partial charge in [0.25, 0.3) is 11.5 Å². The lowest BCUT2D eigenvalue weighted by Crippen LogP contribution is -2.23. The Bertz CT molecular complexity index is 1660. The molecule has 1 amide bonds. The number of rotatable bonds is 5. The van der Waals surface area contributed by atoms with Crippen molar-refractivity contribution in [3.8, 4) is 5.75 Å². The predicted octanol–water partition coefficient (Wildman–Crippen LogP) is 4.23. The Kier molecular flexibility index (Phi) is 5.59. The smallest absolute Gasteiger partial charge is 0.274 e. The largest absolute Gasteiger partial charge is 0.483 e. The number of fused-ring (bicyclic) bond motifs is 3. The van der Waals surface area contributed by atoms with Gasteiger partial charge in [0.15, 0.2) is 11.6 Å². The molecule has 170 valence electrons. The Labute approximate surface area is 197 Å². The number of carbonyl (C=O) groups excluding carboxylic acids is 1. The topological polar surface area (TPSA) is 72.7 Å². The fraction of sp³-hybridized carbons (Fsp3) is 0.115. The van der Waals surface area contributed by atoms with Gasteiger partial charge >= 0.3 is 0 Å². The molecule has 5 rings (SSSR count). The van der Waals surface area contributed by atoms with Crippen LogP contribution in [-0.2, 0) is 4.79 Å². The van der Waals surface area contributed by atoms with Crippen LogP contribution in [-0.4, -0.2) is 21.9 Å². The maximum Gasteiger partial charge on any atom is 0.274 e. The molecule has 5 aromatic rings. The standard InChI is InChI=1S/C26H20FN3O3S/c1-15-11-20-21(12-16(15)2)30-25(32)23(34-26(30)29-20)13-17-5-3-4-6-22(17)33-14-24(31)28-19-9-7-18(27)8-10-19/h3-13H,14H2,1-2H3,(H,28,31)/b23-13-. The van der Waals surface area contributed by atoms with Gasteiger partial charge in [-0.15, -0.1) is 0 Å². The average Bonchev–Trinajstić information content (AvgIpc) is 3.30. The third-order valence-electron chi connectivity index (χ3n) is 5.55. The number of aromatic nitrogens is 2. The Morgan fingerprint density at radius 1 is 1.12 bits per heavy atom. The van der Waals surface area contributed by atoms with Crippen molar-refractivity contribution in [2.45, 2.75) is 13.8 Å². The summed E-state index contributed by atoms with van der Waals surface area (Å²) >= 11 is 1.31. The summed E-state index contributed by atoms with van der Waals surface area (Å²) in [7, 11) is 0. The summed E-state index contributed by atoms with van der Waals surface area (Å²) in [4.78, 5) is 30.7. The molecule has 2 aromatic heterocycles. The molecule has 0 aliphatic carbocycles. The predicted molar refractivity (Wildman–Crippen MR) is 132 cm³/mol. The summed E-state index contributed by atoms with van der Waals surface area (Å²) in [6.07, 6.45) is 1.75. The van der Waals surface area contributed by atoms with Gasteiger partial charge in [-0.3, -0.25) is 9.59 Å². The first-order valence-corrected chi connectivity index (χ1v) is 11.4. The van der Waals surface area contributed by atoms with Crippen molar-refractivity contribution in [1.29, 1.82) is 0 Å². The van der Waals surface area contributed by atoms with Crippen LogP contribution in [0.15, 0.2) is 65.5 Å². The fourth-order valence-corrected chi connectivity index (χ4v) is 4.64. The second kappa shape index (κ2) is 8.72. The SMILES string of the molecule is Cc1cc2nc3s/c(=C\c4ccccc4OCC(=O)Nc4ccc(F)cc4)c(=O)n3c2cc1C. The van der Waals surface area contributed by atoms with E-state index in [1.165, 1.54) is 35.6 Å². The highest BCUT2D eigenvalue weighted by Crippen LogP contribution is 2.22. The quantitative estimate of drug-likeness (QED) is 0.415. The molecule has 0 aliphatic heterocycles. The molecule has 34 heavy (non-hydrogen) atoms. The first-order valence-electron chi connectivity index (χ1n) is 10.6. The highest BCUT2D eigenvalue weighted by atomic mass is 32.1. The summed E-state index contributed by atoms with van der Waals surface area (Å²) < 4.78 is 20.9. The Morgan fingerprint density at radius 2 is 1.85 bits per heavy atom. The van der Waals surface area contributed by atoms with E-state index >= 15 is 0 Å². The number of anilines is 1. The molecular formula is C26H20FN3O3S. The molecular weight excluding hydrogens is 453 g/mol. The number of thiazole rings is 1. The van der Waals surface area contributed by atoms with Crippen molar-refractivity contribution in [3.63, 3.8) is 0 Å². The van der Waals surface area contributed by atoms with Crippen LogP contribution >= 0.6 is 11.3 Å². The number of hydrogen-bond donors (Lipinski definition) is 1. The van der Waals surface area contributed by atoms with Crippen molar-refractivity contribution in [2.75, 3.05) is 11.9 Å². The van der Waals surface area contributed by atoms with Crippen LogP contribution < -0.4 is 20.1 Å². The molecule has 0 bridgehead atoms. The first-order chi connectivity index (χ1) is 16.4. The van der Waals surface area contributed by atoms with Gasteiger partial charge in [0.2, 0.25) is 0 Å². The zero-order valence-corrected chi connectivity index (χ0v) is 19.3. The minimum Gasteiger partial charge on any atom is -0.483 e. The number of carbonyl (C=O) groups is 1. The maximum absolute atomic E-state index is 13.2. The van der Waals surface area contributed by atoms with Crippen molar-refractivity contribution in [1.82, 2.24) is 9.38 Å². The van der Waals surface area contributed by atoms with E-state index in [1.54, 1.807) is 22.6 Å². The van der Waals surface area contributed by atoms with Gasteiger partial charge in [0, 0.05) is 11.3 Å². The molecule has 0 atom stereocenters. The fourth-order valence-electron chi connectivity index (χ4n) is 3.66. The number of imidazole rings is 1. The molecule has 6 nitrogen and oxygen atoms in total. The summed E-state index contributed by atoms with van der Waals surface area (Å²) in [5, 5.41) is 2.66. The van der Waals surface area contributed by atoms with Crippen LogP contribution in [0.25, 0.3) is 22.1 Å². The van der Waals surface area contributed by atoms with Gasteiger partial charge in [-0.2, -0.15) is 0 Å². The second-order valence-electron chi connectivity index (χ2n) is 7.95. The zero-order chi connectivity index (χ0) is 23.8. The lowest BCUT2D eigenvalue weighted by atomic mass is 10.1. The van der Waals surface area contributed by atoms with Crippen LogP contribution in [0.5, 0.6) is 5.75 Å². The van der Waals surface area contributed by atoms with Crippen LogP contribution in [0.1, 0.15) is 16.7 Å². The summed E-state index contributed by atoms with van der Waals surface area (Å²) in [6, 6.07) is 16.7. The van der Waals surface area contributed by atoms with Gasteiger partial charge in [0.05, 0.1) is 15.6 Å². The second-order valence-corrected chi connectivity index (χ2v) is 8.96. The summed E-state index contributed by atoms with van der Waals surface area (Å²) in [5.41, 5.74) is 4.83. The van der Waals surface area contributed by atoms with E-state index in [0.29, 0.717) is 26.5 Å². The zero-order valence-electron chi connectivity index (χ0n) is 18.5. The van der Waals surface area contributed by atoms with Crippen molar-refractivity contribution in [3.05, 3.63) is 98.1 Å². The van der Waals surface area contributed by atoms with E-state index in [9.17, 15) is 14.0 Å². The number of halogens is 1. The Morgan fingerprint density at radius 3 is 2.65 bits per heavy atom. The third-order valence-corrected chi connectivity index (χ3v) is 6.52. The molecule has 2 heterocycles. The van der Waals surface area contributed by atoms with Crippen molar-refractivity contribution >= 4 is 45.0 Å². The summed E-state index contributed by atoms with van der Waals surface area (Å²) in [5.74, 6) is -0.285. The normalized spacial score (nSPS) is 11.9. The minimum atomic E-state index is -0.379. The van der Waals surface area contributed by atoms with Crippen LogP contribution in [0, 0.1) is 19.7 Å². The van der Waals surface area contributed by atoms with E-state index in [1.807, 2.05) is 38.1 Å². The molecule has 0 spiro atoms. The van der Waals surface area contributed by atoms with Gasteiger partial charge in [-0.05, 0) is 73.5 Å². The number of hydrogen-bond acceptors (Lipinski definition) is 5. The minimum absolute atomic E-state index is 0.144. The third kappa shape index (κ3) is 4.15. The average molecular weight is 474 g/mol. The number of nitrogens with zero attached hydrogens (tertiary/aromatic N) is 2. The van der Waals surface area contributed by atoms with E-state index in [0.717, 1.165) is 22.2 Å². The van der Waals surface area contributed by atoms with Crippen LogP contribution in [0.4, 0.5) is 10.1 Å². The molecule has 0 unspecified atom stereocenters. The molecule has 0 aliphatic rings. The van der Waals surface area contributed by atoms with E-state index < -0.39 is 0 Å². The molecule has 0 saturated carbocycles. The highest BCUT2D eigenvalue weighted by Gasteiger charge is 2.13. The number of para-hydroxylation sites is 1. The molecule has 3 aromatic carbocycles. The number of ether oxygens (including phenoxy) is 1. The van der Waals surface area contributed by atoms with E-state index in [-0.39, 0.29) is 23.9 Å². The van der Waals surface area contributed by atoms with Crippen molar-refractivity contribution in [2.24, 2.45) is 0 Å². The lowest BCUT2D eigenvalue weighted by molar-refractivity contribution is -0.118. The monoisotopic (exact) mass is 473 g/mol. The van der Waals surface area contributed by atoms with E-state index in [2.05, 4.69) is 10.3 Å². The molecule has 0 radical (unpaired) electrons. The Balaban J connectivity index is 1.43. The number of aryl methyl sites for hydroxylation is 2. The number of amides is 1. The molecule has 1 N–H and O–H groups in total. The lowest BCUT2D eigenvalue weighted by Gasteiger charge is -2.09. The van der Waals surface area contributed by atoms with Gasteiger partial charge < -0.3 is 10.1 Å². The van der Waals surface area contributed by atoms with Crippen molar-refractivity contribution < 1.29 is 13.9 Å². The van der Waals surface area contributed by atoms with E-state index in [4.69, 9.17) is 4.74 Å². The van der Waals surface area contributed by atoms with Gasteiger partial charge in [0.1, 0.15) is 11.6 Å². The first kappa shape index (κ1) is 21.8. The molecule has 0 saturated heterocycles. The van der Waals surface area contributed by atoms with Crippen LogP contribution in [0.3, 0.4) is 0 Å².